The number of methoxy groups -OCH3 is 1. The maximum absolute atomic E-state index is 12.5. The Labute approximate surface area is 147 Å². The van der Waals surface area contributed by atoms with Gasteiger partial charge in [-0.3, -0.25) is 19.3 Å². The van der Waals surface area contributed by atoms with Gasteiger partial charge in [-0.15, -0.1) is 0 Å². The van der Waals surface area contributed by atoms with Crippen LogP contribution in [0.15, 0.2) is 0 Å². The van der Waals surface area contributed by atoms with E-state index in [-0.39, 0.29) is 23.7 Å². The molecule has 25 heavy (non-hydrogen) atoms. The van der Waals surface area contributed by atoms with E-state index in [9.17, 15) is 19.2 Å². The van der Waals surface area contributed by atoms with Crippen molar-refractivity contribution in [2.24, 2.45) is 11.8 Å². The Bertz CT molecular complexity index is 525. The van der Waals surface area contributed by atoms with Gasteiger partial charge in [0.05, 0.1) is 18.4 Å². The molecule has 2 rings (SSSR count). The van der Waals surface area contributed by atoms with E-state index < -0.39 is 24.0 Å². The second kappa shape index (κ2) is 8.42. The molecule has 3 amide bonds. The minimum absolute atomic E-state index is 0.295. The maximum Gasteiger partial charge on any atom is 0.329 e. The van der Waals surface area contributed by atoms with E-state index in [1.807, 2.05) is 0 Å². The molecule has 1 saturated carbocycles. The van der Waals surface area contributed by atoms with Crippen LogP contribution in [0, 0.1) is 11.8 Å². The molecule has 0 bridgehead atoms. The number of hydrogen-bond donors (Lipinski definition) is 1. The number of nitrogens with one attached hydrogen (secondary N) is 1. The third-order valence-electron chi connectivity index (χ3n) is 4.87. The van der Waals surface area contributed by atoms with E-state index in [0.29, 0.717) is 26.0 Å². The molecule has 0 spiro atoms. The Hall–Kier alpha value is -1.96. The highest BCUT2D eigenvalue weighted by Crippen LogP contribution is 2.38. The van der Waals surface area contributed by atoms with Gasteiger partial charge < -0.3 is 14.8 Å². The van der Waals surface area contributed by atoms with Crippen LogP contribution in [0.4, 0.5) is 0 Å². The van der Waals surface area contributed by atoms with Crippen molar-refractivity contribution in [3.05, 3.63) is 0 Å². The molecule has 4 atom stereocenters. The van der Waals surface area contributed by atoms with E-state index in [1.54, 1.807) is 0 Å². The minimum atomic E-state index is -1.03. The maximum atomic E-state index is 12.5. The average molecular weight is 354 g/mol. The van der Waals surface area contributed by atoms with Gasteiger partial charge >= 0.3 is 5.97 Å². The lowest BCUT2D eigenvalue weighted by molar-refractivity contribution is -0.164. The highest BCUT2D eigenvalue weighted by molar-refractivity contribution is 6.07. The van der Waals surface area contributed by atoms with Crippen molar-refractivity contribution in [2.45, 2.75) is 51.7 Å². The molecule has 8 heteroatoms. The molecule has 1 N–H and O–H groups in total. The van der Waals surface area contributed by atoms with Crippen molar-refractivity contribution >= 4 is 23.7 Å². The molecular weight excluding hydrogens is 328 g/mol. The van der Waals surface area contributed by atoms with Crippen LogP contribution >= 0.6 is 0 Å². The molecule has 140 valence electrons. The highest BCUT2D eigenvalue weighted by atomic mass is 16.5. The fourth-order valence-electron chi connectivity index (χ4n) is 3.42. The van der Waals surface area contributed by atoms with E-state index in [1.165, 1.54) is 21.0 Å². The van der Waals surface area contributed by atoms with Crippen molar-refractivity contribution in [1.82, 2.24) is 10.2 Å². The SMILES string of the molecule is COCCNC(=O)[C@H](C)OC(=O)[C@H](C)N1C(=O)[C@H]2CCCC[C@@H]2C1=O. The van der Waals surface area contributed by atoms with Crippen LogP contribution < -0.4 is 5.32 Å². The minimum Gasteiger partial charge on any atom is -0.451 e. The first kappa shape index (κ1) is 19.4. The molecule has 2 aliphatic rings. The molecule has 0 aromatic heterocycles. The van der Waals surface area contributed by atoms with Crippen LogP contribution in [0.2, 0.25) is 0 Å². The molecule has 0 radical (unpaired) electrons. The second-order valence-corrected chi connectivity index (χ2v) is 6.58. The largest absolute Gasteiger partial charge is 0.451 e. The van der Waals surface area contributed by atoms with Crippen molar-refractivity contribution < 1.29 is 28.7 Å². The summed E-state index contributed by atoms with van der Waals surface area (Å²) in [6.07, 6.45) is 2.20. The molecule has 0 aromatic carbocycles. The lowest BCUT2D eigenvalue weighted by Crippen LogP contribution is -2.46. The number of likely N-dealkylation sites (tertiary alicyclic amines) is 1. The average Bonchev–Trinajstić information content (AvgIpc) is 2.85. The number of carbonyl (C=O) groups excluding carboxylic acids is 4. The van der Waals surface area contributed by atoms with E-state index in [0.717, 1.165) is 17.7 Å². The summed E-state index contributed by atoms with van der Waals surface area (Å²) in [6, 6.07) is -1.03. The first-order valence-electron chi connectivity index (χ1n) is 8.72. The van der Waals surface area contributed by atoms with Crippen LogP contribution in [0.3, 0.4) is 0 Å². The summed E-state index contributed by atoms with van der Waals surface area (Å²) in [5, 5.41) is 2.57. The first-order valence-corrected chi connectivity index (χ1v) is 8.72. The molecule has 0 unspecified atom stereocenters. The lowest BCUT2D eigenvalue weighted by Gasteiger charge is -2.23. The van der Waals surface area contributed by atoms with Gasteiger partial charge in [0, 0.05) is 13.7 Å². The second-order valence-electron chi connectivity index (χ2n) is 6.58. The van der Waals surface area contributed by atoms with Crippen LogP contribution in [0.25, 0.3) is 0 Å². The van der Waals surface area contributed by atoms with Crippen LogP contribution in [-0.2, 0) is 28.7 Å². The van der Waals surface area contributed by atoms with E-state index >= 15 is 0 Å². The number of rotatable bonds is 7. The summed E-state index contributed by atoms with van der Waals surface area (Å²) < 4.78 is 9.95. The van der Waals surface area contributed by atoms with E-state index in [2.05, 4.69) is 5.32 Å². The third-order valence-corrected chi connectivity index (χ3v) is 4.87. The first-order chi connectivity index (χ1) is 11.9. The molecule has 1 saturated heterocycles. The van der Waals surface area contributed by atoms with Gasteiger partial charge in [-0.25, -0.2) is 4.79 Å². The Kier molecular flexibility index (Phi) is 6.52. The van der Waals surface area contributed by atoms with Gasteiger partial charge in [-0.2, -0.15) is 0 Å². The number of carbonyl (C=O) groups is 4. The fourth-order valence-corrected chi connectivity index (χ4v) is 3.42. The molecule has 1 heterocycles. The molecule has 1 aliphatic carbocycles. The van der Waals surface area contributed by atoms with Gasteiger partial charge in [0.15, 0.2) is 6.10 Å². The molecule has 8 nitrogen and oxygen atoms in total. The predicted octanol–water partition coefficient (Wildman–Crippen LogP) is 0.244. The van der Waals surface area contributed by atoms with Gasteiger partial charge in [-0.05, 0) is 26.7 Å². The highest BCUT2D eigenvalue weighted by Gasteiger charge is 2.51. The lowest BCUT2D eigenvalue weighted by atomic mass is 9.81. The summed E-state index contributed by atoms with van der Waals surface area (Å²) in [5.74, 6) is -2.43. The summed E-state index contributed by atoms with van der Waals surface area (Å²) >= 11 is 0. The Balaban J connectivity index is 1.94. The van der Waals surface area contributed by atoms with Crippen LogP contribution in [0.5, 0.6) is 0 Å². The molecular formula is C17H26N2O6. The standard InChI is InChI=1S/C17H26N2O6/c1-10(17(23)25-11(2)14(20)18-8-9-24-3)19-15(21)12-6-4-5-7-13(12)16(19)22/h10-13H,4-9H2,1-3H3,(H,18,20)/t10-,11-,12-,13-/m0/s1. The Morgan fingerprint density at radius 1 is 1.16 bits per heavy atom. The number of hydrogen-bond acceptors (Lipinski definition) is 6. The van der Waals surface area contributed by atoms with Gasteiger partial charge in [-0.1, -0.05) is 12.8 Å². The number of fused-ring (bicyclic) bond motifs is 1. The predicted molar refractivity (Wildman–Crippen MR) is 87.2 cm³/mol. The zero-order chi connectivity index (χ0) is 18.6. The fraction of sp³-hybridized carbons (Fsp3) is 0.765. The summed E-state index contributed by atoms with van der Waals surface area (Å²) in [5.41, 5.74) is 0. The zero-order valence-corrected chi connectivity index (χ0v) is 14.9. The molecule has 0 aromatic rings. The monoisotopic (exact) mass is 354 g/mol. The van der Waals surface area contributed by atoms with Crippen LogP contribution in [0.1, 0.15) is 39.5 Å². The van der Waals surface area contributed by atoms with Gasteiger partial charge in [0.1, 0.15) is 6.04 Å². The number of amides is 3. The van der Waals surface area contributed by atoms with Crippen molar-refractivity contribution in [3.63, 3.8) is 0 Å². The molecule has 2 fully saturated rings. The topological polar surface area (TPSA) is 102 Å². The van der Waals surface area contributed by atoms with Gasteiger partial charge in [0.25, 0.3) is 5.91 Å². The zero-order valence-electron chi connectivity index (χ0n) is 14.9. The normalized spacial score (nSPS) is 25.3. The number of imide groups is 1. The summed E-state index contributed by atoms with van der Waals surface area (Å²) in [6.45, 7) is 3.56. The third kappa shape index (κ3) is 4.18. The Morgan fingerprint density at radius 3 is 2.24 bits per heavy atom. The quantitative estimate of drug-likeness (QED) is 0.399. The van der Waals surface area contributed by atoms with Crippen molar-refractivity contribution in [2.75, 3.05) is 20.3 Å². The van der Waals surface area contributed by atoms with Crippen molar-refractivity contribution in [3.8, 4) is 0 Å². The van der Waals surface area contributed by atoms with Crippen molar-refractivity contribution in [1.29, 1.82) is 0 Å². The Morgan fingerprint density at radius 2 is 1.72 bits per heavy atom. The number of ether oxygens (including phenoxy) is 2. The smallest absolute Gasteiger partial charge is 0.329 e. The van der Waals surface area contributed by atoms with Crippen LogP contribution in [-0.4, -0.2) is 61.0 Å². The summed E-state index contributed by atoms with van der Waals surface area (Å²) in [4.78, 5) is 50.2. The molecule has 1 aliphatic heterocycles. The van der Waals surface area contributed by atoms with Gasteiger partial charge in [0.2, 0.25) is 11.8 Å². The van der Waals surface area contributed by atoms with E-state index in [4.69, 9.17) is 9.47 Å². The number of nitrogens with zero attached hydrogens (tertiary/aromatic N) is 1. The number of esters is 1. The summed E-state index contributed by atoms with van der Waals surface area (Å²) in [7, 11) is 1.51.